The number of esters is 1. The normalized spacial score (nSPS) is 12.9. The summed E-state index contributed by atoms with van der Waals surface area (Å²) in [5.41, 5.74) is -0.389. The number of likely N-dealkylation sites (N-methyl/N-ethyl adjacent to an activating group) is 1. The van der Waals surface area contributed by atoms with Crippen LogP contribution in [0.1, 0.15) is 48.5 Å². The second kappa shape index (κ2) is 7.13. The van der Waals surface area contributed by atoms with Crippen LogP contribution in [0.3, 0.4) is 0 Å². The zero-order valence-electron chi connectivity index (χ0n) is 13.4. The van der Waals surface area contributed by atoms with Crippen LogP contribution in [-0.2, 0) is 9.53 Å². The molecule has 0 aliphatic rings. The third-order valence-electron chi connectivity index (χ3n) is 4.78. The molecule has 0 atom stereocenters. The van der Waals surface area contributed by atoms with Crippen LogP contribution in [0.25, 0.3) is 0 Å². The average Bonchev–Trinajstić information content (AvgIpc) is 2.34. The molecule has 0 saturated heterocycles. The number of quaternary nitrogens is 1. The van der Waals surface area contributed by atoms with Gasteiger partial charge in [-0.1, -0.05) is 13.8 Å². The fourth-order valence-electron chi connectivity index (χ4n) is 1.90. The van der Waals surface area contributed by atoms with Crippen LogP contribution < -0.4 is 0 Å². The molecule has 3 nitrogen and oxygen atoms in total. The van der Waals surface area contributed by atoms with Crippen LogP contribution in [-0.4, -0.2) is 43.2 Å². The summed E-state index contributed by atoms with van der Waals surface area (Å²) in [4.78, 5) is 12.0. The highest BCUT2D eigenvalue weighted by Gasteiger charge is 2.33. The molecule has 0 aromatic rings. The maximum atomic E-state index is 12.0. The van der Waals surface area contributed by atoms with Crippen LogP contribution in [0.4, 0.5) is 0 Å². The molecule has 0 aliphatic carbocycles. The number of carbonyl (C=O) groups excluding carboxylic acids is 1. The highest BCUT2D eigenvalue weighted by Crippen LogP contribution is 2.27. The number of hydrogen-bond donors (Lipinski definition) is 0. The molecule has 0 heterocycles. The Bertz CT molecular complexity index is 247. The van der Waals surface area contributed by atoms with E-state index in [9.17, 15) is 4.79 Å². The molecule has 0 bridgehead atoms. The summed E-state index contributed by atoms with van der Waals surface area (Å²) in [5, 5.41) is 0. The van der Waals surface area contributed by atoms with Crippen molar-refractivity contribution in [2.45, 2.75) is 48.5 Å². The van der Waals surface area contributed by atoms with Crippen LogP contribution >= 0.6 is 0 Å². The van der Waals surface area contributed by atoms with Crippen LogP contribution in [0, 0.1) is 11.3 Å². The van der Waals surface area contributed by atoms with E-state index in [4.69, 9.17) is 4.74 Å². The summed E-state index contributed by atoms with van der Waals surface area (Å²) in [6.45, 7) is 19.4. The van der Waals surface area contributed by atoms with Gasteiger partial charge < -0.3 is 9.22 Å². The van der Waals surface area contributed by atoms with Gasteiger partial charge in [-0.15, -0.1) is 0 Å². The molecule has 0 aromatic carbocycles. The summed E-state index contributed by atoms with van der Waals surface area (Å²) < 4.78 is 6.50. The lowest BCUT2D eigenvalue weighted by Gasteiger charge is -2.36. The molecule has 18 heavy (non-hydrogen) atoms. The number of rotatable bonds is 8. The van der Waals surface area contributed by atoms with Crippen molar-refractivity contribution in [3.8, 4) is 0 Å². The van der Waals surface area contributed by atoms with E-state index in [0.717, 1.165) is 30.7 Å². The molecular weight excluding hydrogens is 226 g/mol. The highest BCUT2D eigenvalue weighted by atomic mass is 16.5. The number of ether oxygens (including phenoxy) is 1. The Balaban J connectivity index is 4.31. The lowest BCUT2D eigenvalue weighted by Crippen LogP contribution is -2.50. The standard InChI is InChI=1S/C15H32NO2/c1-8-16(9-2,10-3)11-12-18-14(17)15(6,7)13(4)5/h13H,8-12H2,1-7H3/q+1. The largest absolute Gasteiger partial charge is 0.459 e. The van der Waals surface area contributed by atoms with Crippen LogP contribution in [0.15, 0.2) is 0 Å². The third kappa shape index (κ3) is 4.27. The number of hydrogen-bond acceptors (Lipinski definition) is 2. The Kier molecular flexibility index (Phi) is 6.90. The molecule has 0 rings (SSSR count). The van der Waals surface area contributed by atoms with Crippen molar-refractivity contribution in [3.63, 3.8) is 0 Å². The predicted molar refractivity (Wildman–Crippen MR) is 76.3 cm³/mol. The molecule has 0 aromatic heterocycles. The topological polar surface area (TPSA) is 26.3 Å². The first-order valence-electron chi connectivity index (χ1n) is 7.28. The van der Waals surface area contributed by atoms with Crippen molar-refractivity contribution >= 4 is 5.97 Å². The molecule has 0 amide bonds. The summed E-state index contributed by atoms with van der Waals surface area (Å²) in [6.07, 6.45) is 0. The van der Waals surface area contributed by atoms with E-state index >= 15 is 0 Å². The summed E-state index contributed by atoms with van der Waals surface area (Å²) >= 11 is 0. The van der Waals surface area contributed by atoms with Crippen molar-refractivity contribution in [2.24, 2.45) is 11.3 Å². The van der Waals surface area contributed by atoms with Crippen molar-refractivity contribution < 1.29 is 14.0 Å². The zero-order chi connectivity index (χ0) is 14.4. The molecular formula is C15H32NO2+. The molecule has 3 heteroatoms. The van der Waals surface area contributed by atoms with Crippen molar-refractivity contribution in [1.82, 2.24) is 0 Å². The van der Waals surface area contributed by atoms with Gasteiger partial charge in [-0.2, -0.15) is 0 Å². The van der Waals surface area contributed by atoms with Gasteiger partial charge in [0.25, 0.3) is 0 Å². The van der Waals surface area contributed by atoms with Gasteiger partial charge in [-0.25, -0.2) is 0 Å². The Morgan fingerprint density at radius 3 is 1.89 bits per heavy atom. The van der Waals surface area contributed by atoms with E-state index in [1.807, 2.05) is 13.8 Å². The smallest absolute Gasteiger partial charge is 0.311 e. The number of carbonyl (C=O) groups is 1. The first-order chi connectivity index (χ1) is 8.25. The summed E-state index contributed by atoms with van der Waals surface area (Å²) in [7, 11) is 0. The molecule has 0 radical (unpaired) electrons. The van der Waals surface area contributed by atoms with Gasteiger partial charge in [0.15, 0.2) is 0 Å². The van der Waals surface area contributed by atoms with E-state index in [1.54, 1.807) is 0 Å². The zero-order valence-corrected chi connectivity index (χ0v) is 13.4. The molecule has 0 N–H and O–H groups in total. The van der Waals surface area contributed by atoms with Gasteiger partial charge in [0, 0.05) is 0 Å². The fourth-order valence-corrected chi connectivity index (χ4v) is 1.90. The fraction of sp³-hybridized carbons (Fsp3) is 0.933. The van der Waals surface area contributed by atoms with Gasteiger partial charge in [-0.05, 0) is 40.5 Å². The summed E-state index contributed by atoms with van der Waals surface area (Å²) in [6, 6.07) is 0. The van der Waals surface area contributed by atoms with Crippen molar-refractivity contribution in [1.29, 1.82) is 0 Å². The Labute approximate surface area is 113 Å². The molecule has 108 valence electrons. The van der Waals surface area contributed by atoms with E-state index < -0.39 is 0 Å². The molecule has 0 unspecified atom stereocenters. The second-order valence-electron chi connectivity index (χ2n) is 6.03. The minimum Gasteiger partial charge on any atom is -0.459 e. The van der Waals surface area contributed by atoms with Gasteiger partial charge >= 0.3 is 5.97 Å². The Morgan fingerprint density at radius 2 is 1.56 bits per heavy atom. The van der Waals surface area contributed by atoms with E-state index in [2.05, 4.69) is 34.6 Å². The molecule has 0 aliphatic heterocycles. The van der Waals surface area contributed by atoms with Gasteiger partial charge in [0.2, 0.25) is 0 Å². The van der Waals surface area contributed by atoms with E-state index in [0.29, 0.717) is 12.5 Å². The van der Waals surface area contributed by atoms with Crippen molar-refractivity contribution in [2.75, 3.05) is 32.8 Å². The monoisotopic (exact) mass is 258 g/mol. The summed E-state index contributed by atoms with van der Waals surface area (Å²) in [5.74, 6) is 0.228. The number of nitrogens with zero attached hydrogens (tertiary/aromatic N) is 1. The van der Waals surface area contributed by atoms with E-state index in [-0.39, 0.29) is 11.4 Å². The van der Waals surface area contributed by atoms with Crippen LogP contribution in [0.2, 0.25) is 0 Å². The molecule has 0 saturated carbocycles. The maximum Gasteiger partial charge on any atom is 0.311 e. The highest BCUT2D eigenvalue weighted by molar-refractivity contribution is 5.76. The van der Waals surface area contributed by atoms with Crippen LogP contribution in [0.5, 0.6) is 0 Å². The van der Waals surface area contributed by atoms with E-state index in [1.165, 1.54) is 0 Å². The predicted octanol–water partition coefficient (Wildman–Crippen LogP) is 3.09. The third-order valence-corrected chi connectivity index (χ3v) is 4.78. The Hall–Kier alpha value is -0.570. The minimum atomic E-state index is -0.389. The minimum absolute atomic E-state index is 0.0705. The van der Waals surface area contributed by atoms with Gasteiger partial charge in [-0.3, -0.25) is 4.79 Å². The quantitative estimate of drug-likeness (QED) is 0.494. The lowest BCUT2D eigenvalue weighted by atomic mass is 9.81. The molecule has 0 fully saturated rings. The molecule has 0 spiro atoms. The van der Waals surface area contributed by atoms with Gasteiger partial charge in [0.05, 0.1) is 25.0 Å². The van der Waals surface area contributed by atoms with Gasteiger partial charge in [0.1, 0.15) is 13.2 Å². The first-order valence-corrected chi connectivity index (χ1v) is 7.28. The SMILES string of the molecule is CC[N+](CC)(CC)CCOC(=O)C(C)(C)C(C)C. The first kappa shape index (κ1) is 17.4. The average molecular weight is 258 g/mol. The second-order valence-corrected chi connectivity index (χ2v) is 6.03. The maximum absolute atomic E-state index is 12.0. The Morgan fingerprint density at radius 1 is 1.11 bits per heavy atom. The lowest BCUT2D eigenvalue weighted by molar-refractivity contribution is -0.923. The van der Waals surface area contributed by atoms with Crippen molar-refractivity contribution in [3.05, 3.63) is 0 Å².